The molecule has 1 atom stereocenters. The number of benzene rings is 1. The van der Waals surface area contributed by atoms with Crippen molar-refractivity contribution >= 4 is 0 Å². The Morgan fingerprint density at radius 2 is 2.00 bits per heavy atom. The Labute approximate surface area is 110 Å². The van der Waals surface area contributed by atoms with Crippen molar-refractivity contribution in [3.8, 4) is 11.5 Å². The zero-order valence-electron chi connectivity index (χ0n) is 12.0. The van der Waals surface area contributed by atoms with E-state index >= 15 is 0 Å². The van der Waals surface area contributed by atoms with E-state index in [1.165, 1.54) is 5.56 Å². The lowest BCUT2D eigenvalue weighted by Crippen LogP contribution is -2.24. The lowest BCUT2D eigenvalue weighted by atomic mass is 10.1. The van der Waals surface area contributed by atoms with Gasteiger partial charge in [0, 0.05) is 12.6 Å². The standard InChI is InChI=1S/C15H25NO2/c1-5-9-18-15-10-13(7-8-14(15)17-4)11-16-12(3)6-2/h7-8,10,12,16H,5-6,9,11H2,1-4H3. The third-order valence-corrected chi connectivity index (χ3v) is 2.96. The first-order chi connectivity index (χ1) is 8.71. The maximum Gasteiger partial charge on any atom is 0.161 e. The van der Waals surface area contributed by atoms with Crippen LogP contribution in [0.15, 0.2) is 18.2 Å². The van der Waals surface area contributed by atoms with E-state index in [-0.39, 0.29) is 0 Å². The molecular formula is C15H25NO2. The van der Waals surface area contributed by atoms with Crippen LogP contribution in [-0.4, -0.2) is 19.8 Å². The van der Waals surface area contributed by atoms with Crippen molar-refractivity contribution in [3.63, 3.8) is 0 Å². The lowest BCUT2D eigenvalue weighted by Gasteiger charge is -2.14. The van der Waals surface area contributed by atoms with E-state index in [1.807, 2.05) is 6.07 Å². The van der Waals surface area contributed by atoms with Crippen LogP contribution in [0.4, 0.5) is 0 Å². The number of hydrogen-bond donors (Lipinski definition) is 1. The minimum absolute atomic E-state index is 0.534. The number of hydrogen-bond acceptors (Lipinski definition) is 3. The molecule has 1 unspecified atom stereocenters. The van der Waals surface area contributed by atoms with Crippen molar-refractivity contribution in [1.82, 2.24) is 5.32 Å². The summed E-state index contributed by atoms with van der Waals surface area (Å²) in [5.41, 5.74) is 1.22. The third kappa shape index (κ3) is 4.57. The zero-order chi connectivity index (χ0) is 13.4. The molecule has 0 radical (unpaired) electrons. The number of rotatable bonds is 8. The predicted octanol–water partition coefficient (Wildman–Crippen LogP) is 3.37. The summed E-state index contributed by atoms with van der Waals surface area (Å²) in [6.45, 7) is 8.06. The van der Waals surface area contributed by atoms with Gasteiger partial charge < -0.3 is 14.8 Å². The number of methoxy groups -OCH3 is 1. The van der Waals surface area contributed by atoms with Crippen LogP contribution in [-0.2, 0) is 6.54 Å². The van der Waals surface area contributed by atoms with E-state index in [0.717, 1.165) is 37.5 Å². The minimum atomic E-state index is 0.534. The normalized spacial score (nSPS) is 12.2. The first-order valence-corrected chi connectivity index (χ1v) is 6.74. The summed E-state index contributed by atoms with van der Waals surface area (Å²) in [5.74, 6) is 1.64. The Balaban J connectivity index is 2.69. The molecule has 1 N–H and O–H groups in total. The van der Waals surface area contributed by atoms with E-state index in [1.54, 1.807) is 7.11 Å². The molecule has 0 saturated heterocycles. The van der Waals surface area contributed by atoms with Crippen LogP contribution in [0.25, 0.3) is 0 Å². The third-order valence-electron chi connectivity index (χ3n) is 2.96. The fourth-order valence-electron chi connectivity index (χ4n) is 1.59. The average Bonchev–Trinajstić information content (AvgIpc) is 2.42. The molecule has 0 saturated carbocycles. The van der Waals surface area contributed by atoms with Crippen LogP contribution >= 0.6 is 0 Å². The van der Waals surface area contributed by atoms with Gasteiger partial charge in [-0.15, -0.1) is 0 Å². The molecule has 0 amide bonds. The highest BCUT2D eigenvalue weighted by molar-refractivity contribution is 5.42. The molecule has 1 aromatic carbocycles. The van der Waals surface area contributed by atoms with Crippen LogP contribution in [0, 0.1) is 0 Å². The smallest absolute Gasteiger partial charge is 0.161 e. The van der Waals surface area contributed by atoms with Crippen LogP contribution in [0.5, 0.6) is 11.5 Å². The second kappa shape index (κ2) is 7.98. The largest absolute Gasteiger partial charge is 0.493 e. The first-order valence-electron chi connectivity index (χ1n) is 6.74. The van der Waals surface area contributed by atoms with Crippen molar-refractivity contribution < 1.29 is 9.47 Å². The average molecular weight is 251 g/mol. The molecule has 0 aliphatic rings. The molecule has 0 bridgehead atoms. The molecule has 102 valence electrons. The Hall–Kier alpha value is -1.22. The monoisotopic (exact) mass is 251 g/mol. The summed E-state index contributed by atoms with van der Waals surface area (Å²) in [4.78, 5) is 0. The summed E-state index contributed by atoms with van der Waals surface area (Å²) >= 11 is 0. The van der Waals surface area contributed by atoms with Crippen molar-refractivity contribution in [2.75, 3.05) is 13.7 Å². The molecule has 3 nitrogen and oxygen atoms in total. The van der Waals surface area contributed by atoms with Gasteiger partial charge in [0.2, 0.25) is 0 Å². The van der Waals surface area contributed by atoms with Crippen molar-refractivity contribution in [2.24, 2.45) is 0 Å². The summed E-state index contributed by atoms with van der Waals surface area (Å²) in [7, 11) is 1.67. The van der Waals surface area contributed by atoms with Gasteiger partial charge in [-0.2, -0.15) is 0 Å². The highest BCUT2D eigenvalue weighted by Crippen LogP contribution is 2.28. The van der Waals surface area contributed by atoms with Crippen molar-refractivity contribution in [1.29, 1.82) is 0 Å². The van der Waals surface area contributed by atoms with Crippen molar-refractivity contribution in [3.05, 3.63) is 23.8 Å². The second-order valence-electron chi connectivity index (χ2n) is 4.52. The molecule has 0 aromatic heterocycles. The van der Waals surface area contributed by atoms with Gasteiger partial charge in [0.1, 0.15) is 0 Å². The summed E-state index contributed by atoms with van der Waals surface area (Å²) in [6, 6.07) is 6.64. The summed E-state index contributed by atoms with van der Waals surface area (Å²) in [5, 5.41) is 3.47. The molecule has 0 spiro atoms. The van der Waals surface area contributed by atoms with Gasteiger partial charge in [-0.1, -0.05) is 19.9 Å². The van der Waals surface area contributed by atoms with Crippen LogP contribution in [0.2, 0.25) is 0 Å². The summed E-state index contributed by atoms with van der Waals surface area (Å²) in [6.07, 6.45) is 2.13. The van der Waals surface area contributed by atoms with Gasteiger partial charge in [-0.25, -0.2) is 0 Å². The molecule has 3 heteroatoms. The Kier molecular flexibility index (Phi) is 6.58. The molecule has 0 heterocycles. The maximum absolute atomic E-state index is 5.70. The zero-order valence-corrected chi connectivity index (χ0v) is 12.0. The molecule has 1 aromatic rings. The van der Waals surface area contributed by atoms with E-state index in [0.29, 0.717) is 6.04 Å². The fourth-order valence-corrected chi connectivity index (χ4v) is 1.59. The molecular weight excluding hydrogens is 226 g/mol. The van der Waals surface area contributed by atoms with Gasteiger partial charge >= 0.3 is 0 Å². The van der Waals surface area contributed by atoms with Crippen molar-refractivity contribution in [2.45, 2.75) is 46.2 Å². The number of nitrogens with one attached hydrogen (secondary N) is 1. The maximum atomic E-state index is 5.70. The molecule has 0 fully saturated rings. The van der Waals surface area contributed by atoms with E-state index < -0.39 is 0 Å². The number of ether oxygens (including phenoxy) is 2. The molecule has 0 aliphatic heterocycles. The van der Waals surface area contributed by atoms with E-state index in [2.05, 4.69) is 38.2 Å². The van der Waals surface area contributed by atoms with Gasteiger partial charge in [0.25, 0.3) is 0 Å². The predicted molar refractivity (Wildman–Crippen MR) is 75.4 cm³/mol. The van der Waals surface area contributed by atoms with Crippen LogP contribution in [0.3, 0.4) is 0 Å². The van der Waals surface area contributed by atoms with Crippen LogP contribution < -0.4 is 14.8 Å². The SMILES string of the molecule is CCCOc1cc(CNC(C)CC)ccc1OC. The van der Waals surface area contributed by atoms with E-state index in [9.17, 15) is 0 Å². The van der Waals surface area contributed by atoms with Gasteiger partial charge in [-0.3, -0.25) is 0 Å². The van der Waals surface area contributed by atoms with Gasteiger partial charge in [-0.05, 0) is 37.5 Å². The van der Waals surface area contributed by atoms with E-state index in [4.69, 9.17) is 9.47 Å². The van der Waals surface area contributed by atoms with Gasteiger partial charge in [0.15, 0.2) is 11.5 Å². The minimum Gasteiger partial charge on any atom is -0.493 e. The lowest BCUT2D eigenvalue weighted by molar-refractivity contribution is 0.294. The quantitative estimate of drug-likeness (QED) is 0.768. The van der Waals surface area contributed by atoms with Crippen LogP contribution in [0.1, 0.15) is 39.2 Å². The topological polar surface area (TPSA) is 30.5 Å². The summed E-state index contributed by atoms with van der Waals surface area (Å²) < 4.78 is 11.0. The highest BCUT2D eigenvalue weighted by atomic mass is 16.5. The Bertz CT molecular complexity index is 352. The second-order valence-corrected chi connectivity index (χ2v) is 4.52. The Morgan fingerprint density at radius 3 is 2.61 bits per heavy atom. The fraction of sp³-hybridized carbons (Fsp3) is 0.600. The molecule has 0 aliphatic carbocycles. The first kappa shape index (κ1) is 14.8. The Morgan fingerprint density at radius 1 is 1.22 bits per heavy atom. The molecule has 1 rings (SSSR count). The highest BCUT2D eigenvalue weighted by Gasteiger charge is 2.06. The van der Waals surface area contributed by atoms with Gasteiger partial charge in [0.05, 0.1) is 13.7 Å². The molecule has 18 heavy (non-hydrogen) atoms.